The van der Waals surface area contributed by atoms with Crippen molar-refractivity contribution in [1.82, 2.24) is 14.9 Å². The molecule has 0 saturated heterocycles. The summed E-state index contributed by atoms with van der Waals surface area (Å²) in [5, 5.41) is 7.19. The molecule has 1 aromatic rings. The summed E-state index contributed by atoms with van der Waals surface area (Å²) in [4.78, 5) is 13.0. The lowest BCUT2D eigenvalue weighted by atomic mass is 9.80. The average molecular weight is 330 g/mol. The van der Waals surface area contributed by atoms with E-state index in [-0.39, 0.29) is 11.3 Å². The lowest BCUT2D eigenvalue weighted by Gasteiger charge is -2.30. The Kier molecular flexibility index (Phi) is 5.60. The second kappa shape index (κ2) is 7.05. The standard InChI is InChI=1S/C15H24ClN3OS/c1-15(2,3)13-12(21-19-18-13)14(20)17-9-11-7-5-4-6-10(11)8-16/h10-11H,4-9H2,1-3H3,(H,17,20). The molecule has 2 atom stereocenters. The third-order valence-corrected chi connectivity index (χ3v) is 5.32. The summed E-state index contributed by atoms with van der Waals surface area (Å²) in [6.07, 6.45) is 4.84. The Morgan fingerprint density at radius 3 is 2.62 bits per heavy atom. The van der Waals surface area contributed by atoms with Crippen molar-refractivity contribution in [3.63, 3.8) is 0 Å². The topological polar surface area (TPSA) is 54.9 Å². The summed E-state index contributed by atoms with van der Waals surface area (Å²) >= 11 is 7.22. The number of carbonyl (C=O) groups is 1. The van der Waals surface area contributed by atoms with Gasteiger partial charge in [0.2, 0.25) is 0 Å². The van der Waals surface area contributed by atoms with Gasteiger partial charge in [-0.3, -0.25) is 4.79 Å². The zero-order valence-corrected chi connectivity index (χ0v) is 14.6. The Bertz CT molecular complexity index is 484. The molecule has 1 N–H and O–H groups in total. The van der Waals surface area contributed by atoms with Crippen LogP contribution in [0.2, 0.25) is 0 Å². The third kappa shape index (κ3) is 4.16. The number of hydrogen-bond acceptors (Lipinski definition) is 4. The van der Waals surface area contributed by atoms with Gasteiger partial charge in [-0.1, -0.05) is 38.1 Å². The Labute approximate surface area is 135 Å². The second-order valence-corrected chi connectivity index (χ2v) is 7.93. The lowest BCUT2D eigenvalue weighted by molar-refractivity contribution is 0.0938. The molecule has 1 aliphatic carbocycles. The molecule has 1 aromatic heterocycles. The second-order valence-electron chi connectivity index (χ2n) is 6.87. The van der Waals surface area contributed by atoms with Crippen molar-refractivity contribution in [1.29, 1.82) is 0 Å². The summed E-state index contributed by atoms with van der Waals surface area (Å²) in [6, 6.07) is 0. The zero-order valence-electron chi connectivity index (χ0n) is 13.0. The smallest absolute Gasteiger partial charge is 0.264 e. The predicted molar refractivity (Wildman–Crippen MR) is 87.1 cm³/mol. The number of rotatable bonds is 4. The van der Waals surface area contributed by atoms with E-state index in [9.17, 15) is 4.79 Å². The molecule has 1 saturated carbocycles. The van der Waals surface area contributed by atoms with Crippen LogP contribution in [0.15, 0.2) is 0 Å². The van der Waals surface area contributed by atoms with E-state index in [2.05, 4.69) is 14.9 Å². The molecule has 2 unspecified atom stereocenters. The Balaban J connectivity index is 1.97. The molecule has 1 heterocycles. The van der Waals surface area contributed by atoms with Crippen LogP contribution in [-0.2, 0) is 5.41 Å². The van der Waals surface area contributed by atoms with E-state index < -0.39 is 0 Å². The molecular weight excluding hydrogens is 306 g/mol. The number of aromatic nitrogens is 2. The molecule has 1 amide bonds. The van der Waals surface area contributed by atoms with Gasteiger partial charge in [0.15, 0.2) is 0 Å². The first-order valence-corrected chi connectivity index (χ1v) is 8.91. The van der Waals surface area contributed by atoms with Crippen molar-refractivity contribution < 1.29 is 4.79 Å². The summed E-state index contributed by atoms with van der Waals surface area (Å²) in [5.41, 5.74) is 0.617. The first kappa shape index (κ1) is 16.7. The first-order chi connectivity index (χ1) is 9.93. The Hall–Kier alpha value is -0.680. The fourth-order valence-corrected chi connectivity index (χ4v) is 4.09. The minimum Gasteiger partial charge on any atom is -0.351 e. The highest BCUT2D eigenvalue weighted by atomic mass is 35.5. The molecule has 21 heavy (non-hydrogen) atoms. The minimum atomic E-state index is -0.164. The summed E-state index contributed by atoms with van der Waals surface area (Å²) in [5.74, 6) is 1.67. The number of nitrogens with one attached hydrogen (secondary N) is 1. The maximum atomic E-state index is 12.4. The maximum Gasteiger partial charge on any atom is 0.264 e. The quantitative estimate of drug-likeness (QED) is 0.858. The van der Waals surface area contributed by atoms with Crippen molar-refractivity contribution in [3.8, 4) is 0 Å². The van der Waals surface area contributed by atoms with Gasteiger partial charge in [0.25, 0.3) is 5.91 Å². The molecule has 0 aromatic carbocycles. The van der Waals surface area contributed by atoms with Gasteiger partial charge in [0.1, 0.15) is 4.88 Å². The third-order valence-electron chi connectivity index (χ3n) is 4.19. The molecule has 0 radical (unpaired) electrons. The van der Waals surface area contributed by atoms with Crippen molar-refractivity contribution in [3.05, 3.63) is 10.6 Å². The van der Waals surface area contributed by atoms with Crippen LogP contribution in [0.4, 0.5) is 0 Å². The van der Waals surface area contributed by atoms with Gasteiger partial charge in [-0.2, -0.15) is 0 Å². The number of hydrogen-bond donors (Lipinski definition) is 1. The van der Waals surface area contributed by atoms with Gasteiger partial charge in [-0.05, 0) is 36.2 Å². The molecule has 0 aliphatic heterocycles. The fourth-order valence-electron chi connectivity index (χ4n) is 2.89. The zero-order chi connectivity index (χ0) is 15.5. The van der Waals surface area contributed by atoms with Gasteiger partial charge in [-0.15, -0.1) is 16.7 Å². The van der Waals surface area contributed by atoms with Crippen molar-refractivity contribution in [2.45, 2.75) is 51.9 Å². The van der Waals surface area contributed by atoms with E-state index in [1.165, 1.54) is 30.8 Å². The predicted octanol–water partition coefficient (Wildman–Crippen LogP) is 3.61. The van der Waals surface area contributed by atoms with E-state index in [0.717, 1.165) is 12.1 Å². The van der Waals surface area contributed by atoms with E-state index in [0.29, 0.717) is 29.1 Å². The van der Waals surface area contributed by atoms with Gasteiger partial charge >= 0.3 is 0 Å². The average Bonchev–Trinajstić information content (AvgIpc) is 2.94. The molecule has 6 heteroatoms. The molecule has 0 bridgehead atoms. The molecule has 1 fully saturated rings. The van der Waals surface area contributed by atoms with Gasteiger partial charge < -0.3 is 5.32 Å². The van der Waals surface area contributed by atoms with Crippen molar-refractivity contribution in [2.24, 2.45) is 11.8 Å². The first-order valence-electron chi connectivity index (χ1n) is 7.60. The number of amides is 1. The van der Waals surface area contributed by atoms with Crippen LogP contribution in [0.25, 0.3) is 0 Å². The summed E-state index contributed by atoms with van der Waals surface area (Å²) in [6.45, 7) is 6.85. The van der Waals surface area contributed by atoms with Crippen LogP contribution in [0, 0.1) is 11.8 Å². The van der Waals surface area contributed by atoms with Crippen LogP contribution in [0.1, 0.15) is 61.8 Å². The van der Waals surface area contributed by atoms with Gasteiger partial charge in [-0.25, -0.2) is 0 Å². The fraction of sp³-hybridized carbons (Fsp3) is 0.800. The van der Waals surface area contributed by atoms with Gasteiger partial charge in [0.05, 0.1) is 5.69 Å². The van der Waals surface area contributed by atoms with Crippen LogP contribution in [-0.4, -0.2) is 27.9 Å². The molecule has 4 nitrogen and oxygen atoms in total. The molecule has 1 aliphatic rings. The number of nitrogens with zero attached hydrogens (tertiary/aromatic N) is 2. The maximum absolute atomic E-state index is 12.4. The molecule has 0 spiro atoms. The van der Waals surface area contributed by atoms with Crippen LogP contribution < -0.4 is 5.32 Å². The Morgan fingerprint density at radius 2 is 2.00 bits per heavy atom. The highest BCUT2D eigenvalue weighted by Crippen LogP contribution is 2.31. The van der Waals surface area contributed by atoms with Gasteiger partial charge in [0, 0.05) is 17.8 Å². The highest BCUT2D eigenvalue weighted by molar-refractivity contribution is 7.08. The largest absolute Gasteiger partial charge is 0.351 e. The van der Waals surface area contributed by atoms with Crippen molar-refractivity contribution >= 4 is 29.0 Å². The normalized spacial score (nSPS) is 23.0. The number of halogens is 1. The van der Waals surface area contributed by atoms with E-state index >= 15 is 0 Å². The molecule has 2 rings (SSSR count). The number of carbonyl (C=O) groups excluding carboxylic acids is 1. The summed E-state index contributed by atoms with van der Waals surface area (Å²) in [7, 11) is 0. The highest BCUT2D eigenvalue weighted by Gasteiger charge is 2.28. The van der Waals surface area contributed by atoms with E-state index in [1.807, 2.05) is 20.8 Å². The van der Waals surface area contributed by atoms with Crippen LogP contribution >= 0.6 is 23.1 Å². The molecular formula is C15H24ClN3OS. The van der Waals surface area contributed by atoms with Crippen LogP contribution in [0.3, 0.4) is 0 Å². The summed E-state index contributed by atoms with van der Waals surface area (Å²) < 4.78 is 3.95. The Morgan fingerprint density at radius 1 is 1.33 bits per heavy atom. The molecule has 118 valence electrons. The number of alkyl halides is 1. The van der Waals surface area contributed by atoms with Crippen molar-refractivity contribution in [2.75, 3.05) is 12.4 Å². The van der Waals surface area contributed by atoms with E-state index in [4.69, 9.17) is 11.6 Å². The minimum absolute atomic E-state index is 0.0474. The lowest BCUT2D eigenvalue weighted by Crippen LogP contribution is -2.35. The monoisotopic (exact) mass is 329 g/mol. The van der Waals surface area contributed by atoms with E-state index in [1.54, 1.807) is 0 Å². The van der Waals surface area contributed by atoms with Crippen LogP contribution in [0.5, 0.6) is 0 Å². The SMILES string of the molecule is CC(C)(C)c1nnsc1C(=O)NCC1CCCCC1CCl.